The van der Waals surface area contributed by atoms with Gasteiger partial charge in [0.2, 0.25) is 0 Å². The van der Waals surface area contributed by atoms with Crippen molar-refractivity contribution in [3.05, 3.63) is 0 Å². The molecule has 0 atom stereocenters. The predicted molar refractivity (Wildman–Crippen MR) is 49.6 cm³/mol. The first kappa shape index (κ1) is 9.92. The zero-order valence-corrected chi connectivity index (χ0v) is 8.60. The van der Waals surface area contributed by atoms with E-state index >= 15 is 0 Å². The third kappa shape index (κ3) is 1.64. The van der Waals surface area contributed by atoms with Crippen molar-refractivity contribution in [3.63, 3.8) is 0 Å². The fourth-order valence-corrected chi connectivity index (χ4v) is 3.36. The van der Waals surface area contributed by atoms with Crippen LogP contribution in [0.25, 0.3) is 0 Å². The molecule has 5 nitrogen and oxygen atoms in total. The number of hydrogen-bond acceptors (Lipinski definition) is 4. The molecule has 14 heavy (non-hydrogen) atoms. The van der Waals surface area contributed by atoms with E-state index in [0.717, 1.165) is 0 Å². The molecule has 2 aliphatic rings. The van der Waals surface area contributed by atoms with Crippen molar-refractivity contribution < 1.29 is 17.9 Å². The molecule has 80 valence electrons. The summed E-state index contributed by atoms with van der Waals surface area (Å²) in [5.74, 6) is -0.0421. The van der Waals surface area contributed by atoms with Crippen molar-refractivity contribution in [1.82, 2.24) is 5.32 Å². The summed E-state index contributed by atoms with van der Waals surface area (Å²) in [6.45, 7) is 0.999. The van der Waals surface area contributed by atoms with Gasteiger partial charge >= 0.3 is 0 Å². The molecule has 2 rings (SSSR count). The van der Waals surface area contributed by atoms with Crippen LogP contribution in [0.1, 0.15) is 12.8 Å². The summed E-state index contributed by atoms with van der Waals surface area (Å²) in [5, 5.41) is 2.71. The van der Waals surface area contributed by atoms with E-state index in [0.29, 0.717) is 26.0 Å². The van der Waals surface area contributed by atoms with Crippen molar-refractivity contribution in [3.8, 4) is 0 Å². The fraction of sp³-hybridized carbons (Fsp3) is 0.875. The molecular formula is C8H13NO4S. The Morgan fingerprint density at radius 1 is 1.29 bits per heavy atom. The Kier molecular flexibility index (Phi) is 2.27. The first-order valence-electron chi connectivity index (χ1n) is 4.67. The monoisotopic (exact) mass is 219 g/mol. The molecule has 0 radical (unpaired) electrons. The second-order valence-corrected chi connectivity index (χ2v) is 6.05. The quantitative estimate of drug-likeness (QED) is 0.572. The van der Waals surface area contributed by atoms with Gasteiger partial charge in [-0.1, -0.05) is 0 Å². The Hall–Kier alpha value is -0.620. The minimum atomic E-state index is -2.94. The molecule has 0 aromatic rings. The average Bonchev–Trinajstić information content (AvgIpc) is 2.15. The van der Waals surface area contributed by atoms with Gasteiger partial charge in [0.1, 0.15) is 5.60 Å². The van der Waals surface area contributed by atoms with E-state index in [1.165, 1.54) is 0 Å². The maximum Gasteiger partial charge on any atom is 0.252 e. The van der Waals surface area contributed by atoms with E-state index in [1.54, 1.807) is 0 Å². The van der Waals surface area contributed by atoms with Crippen molar-refractivity contribution in [1.29, 1.82) is 0 Å². The second kappa shape index (κ2) is 3.20. The Labute approximate surface area is 82.7 Å². The third-order valence-corrected chi connectivity index (χ3v) is 4.47. The van der Waals surface area contributed by atoms with Gasteiger partial charge in [-0.05, 0) is 12.8 Å². The van der Waals surface area contributed by atoms with E-state index in [2.05, 4.69) is 5.32 Å². The second-order valence-electron chi connectivity index (χ2n) is 3.75. The Balaban J connectivity index is 2.14. The van der Waals surface area contributed by atoms with Crippen molar-refractivity contribution >= 4 is 15.7 Å². The van der Waals surface area contributed by atoms with Crippen LogP contribution in [0.15, 0.2) is 0 Å². The normalized spacial score (nSPS) is 29.9. The molecule has 0 unspecified atom stereocenters. The lowest BCUT2D eigenvalue weighted by Gasteiger charge is -2.38. The number of hydrogen-bond donors (Lipinski definition) is 1. The lowest BCUT2D eigenvalue weighted by Crippen LogP contribution is -2.57. The molecule has 2 fully saturated rings. The smallest absolute Gasteiger partial charge is 0.252 e. The number of sulfone groups is 1. The first-order chi connectivity index (χ1) is 6.54. The molecule has 6 heteroatoms. The number of morpholine rings is 1. The van der Waals surface area contributed by atoms with Gasteiger partial charge < -0.3 is 10.1 Å². The molecule has 2 aliphatic heterocycles. The lowest BCUT2D eigenvalue weighted by molar-refractivity contribution is -0.155. The number of nitrogens with one attached hydrogen (secondary N) is 1. The molecule has 0 aromatic heterocycles. The summed E-state index contributed by atoms with van der Waals surface area (Å²) in [6, 6.07) is 0. The summed E-state index contributed by atoms with van der Waals surface area (Å²) in [5.41, 5.74) is -0.858. The largest absolute Gasteiger partial charge is 0.363 e. The van der Waals surface area contributed by atoms with Gasteiger partial charge in [-0.2, -0.15) is 0 Å². The molecule has 0 aromatic carbocycles. The van der Waals surface area contributed by atoms with Crippen LogP contribution in [0.4, 0.5) is 0 Å². The minimum Gasteiger partial charge on any atom is -0.363 e. The summed E-state index contributed by atoms with van der Waals surface area (Å²) in [4.78, 5) is 11.6. The highest BCUT2D eigenvalue weighted by molar-refractivity contribution is 7.91. The summed E-state index contributed by atoms with van der Waals surface area (Å²) in [6.07, 6.45) is 0.586. The van der Waals surface area contributed by atoms with Gasteiger partial charge in [0.25, 0.3) is 5.91 Å². The highest BCUT2D eigenvalue weighted by atomic mass is 32.2. The van der Waals surface area contributed by atoms with Gasteiger partial charge in [-0.25, -0.2) is 8.42 Å². The average molecular weight is 219 g/mol. The first-order valence-corrected chi connectivity index (χ1v) is 6.49. The van der Waals surface area contributed by atoms with E-state index in [1.807, 2.05) is 0 Å². The van der Waals surface area contributed by atoms with Crippen LogP contribution in [0.2, 0.25) is 0 Å². The van der Waals surface area contributed by atoms with Gasteiger partial charge in [0.05, 0.1) is 18.1 Å². The molecule has 1 spiro atoms. The summed E-state index contributed by atoms with van der Waals surface area (Å²) >= 11 is 0. The Morgan fingerprint density at radius 3 is 2.50 bits per heavy atom. The highest BCUT2D eigenvalue weighted by Gasteiger charge is 2.45. The number of rotatable bonds is 0. The predicted octanol–water partition coefficient (Wildman–Crippen LogP) is -0.920. The third-order valence-electron chi connectivity index (χ3n) is 2.81. The standard InChI is InChI=1S/C8H13NO4S/c10-7-8(13-4-3-9-7)1-5-14(11,12)6-2-8/h1-6H2,(H,9,10). The van der Waals surface area contributed by atoms with E-state index < -0.39 is 15.4 Å². The van der Waals surface area contributed by atoms with Crippen LogP contribution in [0.3, 0.4) is 0 Å². The van der Waals surface area contributed by atoms with Crippen LogP contribution in [0.5, 0.6) is 0 Å². The molecule has 0 aliphatic carbocycles. The van der Waals surface area contributed by atoms with Crippen LogP contribution in [-0.4, -0.2) is 44.6 Å². The van der Waals surface area contributed by atoms with E-state index in [-0.39, 0.29) is 17.4 Å². The number of ether oxygens (including phenoxy) is 1. The van der Waals surface area contributed by atoms with Crippen molar-refractivity contribution in [2.75, 3.05) is 24.7 Å². The molecule has 2 heterocycles. The maximum absolute atomic E-state index is 11.6. The lowest BCUT2D eigenvalue weighted by atomic mass is 9.94. The SMILES string of the molecule is O=C1NCCOC12CCS(=O)(=O)CC2. The van der Waals surface area contributed by atoms with Gasteiger partial charge in [0, 0.05) is 6.54 Å². The minimum absolute atomic E-state index is 0.0560. The summed E-state index contributed by atoms with van der Waals surface area (Å²) < 4.78 is 27.8. The summed E-state index contributed by atoms with van der Waals surface area (Å²) in [7, 11) is -2.94. The molecule has 0 bridgehead atoms. The Bertz CT molecular complexity index is 334. The topological polar surface area (TPSA) is 72.5 Å². The van der Waals surface area contributed by atoms with Crippen LogP contribution in [-0.2, 0) is 19.4 Å². The fourth-order valence-electron chi connectivity index (χ4n) is 1.88. The zero-order valence-electron chi connectivity index (χ0n) is 7.78. The van der Waals surface area contributed by atoms with Crippen LogP contribution in [0, 0.1) is 0 Å². The van der Waals surface area contributed by atoms with Gasteiger partial charge in [0.15, 0.2) is 9.84 Å². The molecule has 1 amide bonds. The van der Waals surface area contributed by atoms with E-state index in [9.17, 15) is 13.2 Å². The molecule has 0 saturated carbocycles. The number of carbonyl (C=O) groups excluding carboxylic acids is 1. The highest BCUT2D eigenvalue weighted by Crippen LogP contribution is 2.29. The number of amides is 1. The van der Waals surface area contributed by atoms with Crippen molar-refractivity contribution in [2.24, 2.45) is 0 Å². The van der Waals surface area contributed by atoms with E-state index in [4.69, 9.17) is 4.74 Å². The molecule has 1 N–H and O–H groups in total. The maximum atomic E-state index is 11.6. The van der Waals surface area contributed by atoms with Crippen LogP contribution >= 0.6 is 0 Å². The van der Waals surface area contributed by atoms with Gasteiger partial charge in [-0.15, -0.1) is 0 Å². The van der Waals surface area contributed by atoms with Gasteiger partial charge in [-0.3, -0.25) is 4.79 Å². The Morgan fingerprint density at radius 2 is 1.93 bits per heavy atom. The van der Waals surface area contributed by atoms with Crippen molar-refractivity contribution in [2.45, 2.75) is 18.4 Å². The molecular weight excluding hydrogens is 206 g/mol. The zero-order chi connectivity index (χ0) is 10.2. The number of carbonyl (C=O) groups is 1. The molecule has 2 saturated heterocycles. The van der Waals surface area contributed by atoms with Crippen LogP contribution < -0.4 is 5.32 Å².